The van der Waals surface area contributed by atoms with Crippen LogP contribution in [0, 0.1) is 0 Å². The lowest BCUT2D eigenvalue weighted by Crippen LogP contribution is -2.03. The molecule has 0 bridgehead atoms. The minimum absolute atomic E-state index is 0.618. The predicted octanol–water partition coefficient (Wildman–Crippen LogP) is 2.72. The first-order chi connectivity index (χ1) is 8.70. The van der Waals surface area contributed by atoms with E-state index < -0.39 is 0 Å². The number of nitrogen functional groups attached to an aromatic ring is 1. The van der Waals surface area contributed by atoms with Gasteiger partial charge in [-0.3, -0.25) is 0 Å². The van der Waals surface area contributed by atoms with E-state index in [0.717, 1.165) is 22.3 Å². The molecule has 5 heteroatoms. The van der Waals surface area contributed by atoms with Gasteiger partial charge in [0.25, 0.3) is 0 Å². The summed E-state index contributed by atoms with van der Waals surface area (Å²) >= 11 is 5.91. The molecular weight excluding hydrogens is 248 g/mol. The third-order valence-corrected chi connectivity index (χ3v) is 2.92. The number of hydrogen-bond donors (Lipinski definition) is 1. The van der Waals surface area contributed by atoms with Crippen LogP contribution in [-0.4, -0.2) is 15.0 Å². The van der Waals surface area contributed by atoms with Crippen LogP contribution in [0.15, 0.2) is 42.5 Å². The maximum Gasteiger partial charge on any atom is 0.114 e. The van der Waals surface area contributed by atoms with Crippen LogP contribution in [0.2, 0.25) is 5.02 Å². The summed E-state index contributed by atoms with van der Waals surface area (Å²) in [5.41, 5.74) is 9.15. The molecule has 0 fully saturated rings. The molecule has 0 aliphatic heterocycles. The van der Waals surface area contributed by atoms with Crippen LogP contribution in [-0.2, 0) is 6.54 Å². The number of anilines is 1. The highest BCUT2D eigenvalue weighted by atomic mass is 35.5. The van der Waals surface area contributed by atoms with E-state index in [2.05, 4.69) is 10.2 Å². The predicted molar refractivity (Wildman–Crippen MR) is 72.5 cm³/mol. The van der Waals surface area contributed by atoms with Gasteiger partial charge < -0.3 is 5.73 Å². The molecule has 0 radical (unpaired) electrons. The molecular formula is C13H11ClN4. The molecule has 0 saturated carbocycles. The van der Waals surface area contributed by atoms with Gasteiger partial charge in [0, 0.05) is 10.7 Å². The fourth-order valence-electron chi connectivity index (χ4n) is 1.79. The Labute approximate surface area is 109 Å². The van der Waals surface area contributed by atoms with Crippen LogP contribution < -0.4 is 5.73 Å². The van der Waals surface area contributed by atoms with Gasteiger partial charge in [0.15, 0.2) is 0 Å². The SMILES string of the molecule is Nc1ccc(Cn2nc3ccc(Cl)cc3n2)cc1. The maximum absolute atomic E-state index is 5.91. The zero-order valence-electron chi connectivity index (χ0n) is 9.55. The number of benzene rings is 2. The van der Waals surface area contributed by atoms with E-state index in [9.17, 15) is 0 Å². The number of fused-ring (bicyclic) bond motifs is 1. The molecule has 0 atom stereocenters. The molecule has 3 rings (SSSR count). The zero-order valence-corrected chi connectivity index (χ0v) is 10.3. The monoisotopic (exact) mass is 258 g/mol. The van der Waals surface area contributed by atoms with Crippen molar-refractivity contribution in [2.75, 3.05) is 5.73 Å². The zero-order chi connectivity index (χ0) is 12.5. The van der Waals surface area contributed by atoms with E-state index in [1.54, 1.807) is 4.80 Å². The molecule has 90 valence electrons. The van der Waals surface area contributed by atoms with Crippen LogP contribution >= 0.6 is 11.6 Å². The molecule has 3 aromatic rings. The second-order valence-electron chi connectivity index (χ2n) is 4.11. The average Bonchev–Trinajstić information content (AvgIpc) is 2.73. The third kappa shape index (κ3) is 2.15. The van der Waals surface area contributed by atoms with Gasteiger partial charge in [-0.2, -0.15) is 15.0 Å². The van der Waals surface area contributed by atoms with E-state index in [1.165, 1.54) is 0 Å². The van der Waals surface area contributed by atoms with Gasteiger partial charge in [0.05, 0.1) is 6.54 Å². The smallest absolute Gasteiger partial charge is 0.114 e. The van der Waals surface area contributed by atoms with E-state index in [4.69, 9.17) is 17.3 Å². The first kappa shape index (κ1) is 11.0. The minimum Gasteiger partial charge on any atom is -0.399 e. The first-order valence-corrected chi connectivity index (χ1v) is 5.93. The van der Waals surface area contributed by atoms with E-state index in [-0.39, 0.29) is 0 Å². The summed E-state index contributed by atoms with van der Waals surface area (Å²) < 4.78 is 0. The van der Waals surface area contributed by atoms with Crippen molar-refractivity contribution in [1.29, 1.82) is 0 Å². The molecule has 0 amide bonds. The van der Waals surface area contributed by atoms with Gasteiger partial charge in [-0.15, -0.1) is 0 Å². The number of rotatable bonds is 2. The van der Waals surface area contributed by atoms with Gasteiger partial charge in [-0.25, -0.2) is 0 Å². The normalized spacial score (nSPS) is 10.9. The van der Waals surface area contributed by atoms with Gasteiger partial charge >= 0.3 is 0 Å². The molecule has 18 heavy (non-hydrogen) atoms. The Bertz CT molecular complexity index is 688. The lowest BCUT2D eigenvalue weighted by molar-refractivity contribution is 0.600. The second kappa shape index (κ2) is 4.31. The van der Waals surface area contributed by atoms with Crippen LogP contribution in [0.5, 0.6) is 0 Å². The number of nitrogens with two attached hydrogens (primary N) is 1. The molecule has 1 heterocycles. The standard InChI is InChI=1S/C13H11ClN4/c14-10-3-6-12-13(7-10)17-18(16-12)8-9-1-4-11(15)5-2-9/h1-7H,8,15H2. The number of hydrogen-bond acceptors (Lipinski definition) is 3. The molecule has 1 aromatic heterocycles. The number of halogens is 1. The Morgan fingerprint density at radius 2 is 1.72 bits per heavy atom. The van der Waals surface area contributed by atoms with Gasteiger partial charge in [0.2, 0.25) is 0 Å². The minimum atomic E-state index is 0.618. The fourth-order valence-corrected chi connectivity index (χ4v) is 1.96. The summed E-state index contributed by atoms with van der Waals surface area (Å²) in [7, 11) is 0. The van der Waals surface area contributed by atoms with Gasteiger partial charge in [-0.1, -0.05) is 23.7 Å². The quantitative estimate of drug-likeness (QED) is 0.719. The topological polar surface area (TPSA) is 56.7 Å². The van der Waals surface area contributed by atoms with E-state index in [0.29, 0.717) is 11.6 Å². The Hall–Kier alpha value is -2.07. The van der Waals surface area contributed by atoms with E-state index >= 15 is 0 Å². The van der Waals surface area contributed by atoms with Crippen molar-refractivity contribution < 1.29 is 0 Å². The van der Waals surface area contributed by atoms with Gasteiger partial charge in [0.1, 0.15) is 11.0 Å². The average molecular weight is 259 g/mol. The highest BCUT2D eigenvalue weighted by Crippen LogP contribution is 2.16. The lowest BCUT2D eigenvalue weighted by Gasteiger charge is -2.00. The number of nitrogens with zero attached hydrogens (tertiary/aromatic N) is 3. The Morgan fingerprint density at radius 3 is 2.50 bits per heavy atom. The van der Waals surface area contributed by atoms with E-state index in [1.807, 2.05) is 42.5 Å². The van der Waals surface area contributed by atoms with Crippen molar-refractivity contribution in [3.63, 3.8) is 0 Å². The number of aromatic nitrogens is 3. The van der Waals surface area contributed by atoms with Gasteiger partial charge in [-0.05, 0) is 35.9 Å². The Balaban J connectivity index is 1.92. The second-order valence-corrected chi connectivity index (χ2v) is 4.54. The molecule has 0 unspecified atom stereocenters. The summed E-state index contributed by atoms with van der Waals surface area (Å²) in [6, 6.07) is 13.2. The Morgan fingerprint density at radius 1 is 1.00 bits per heavy atom. The fraction of sp³-hybridized carbons (Fsp3) is 0.0769. The maximum atomic E-state index is 5.91. The summed E-state index contributed by atoms with van der Waals surface area (Å²) in [6.45, 7) is 0.618. The van der Waals surface area contributed by atoms with Crippen molar-refractivity contribution in [2.45, 2.75) is 6.54 Å². The molecule has 0 spiro atoms. The van der Waals surface area contributed by atoms with Crippen LogP contribution in [0.1, 0.15) is 5.56 Å². The summed E-state index contributed by atoms with van der Waals surface area (Å²) in [5.74, 6) is 0. The molecule has 0 aliphatic carbocycles. The van der Waals surface area contributed by atoms with Crippen molar-refractivity contribution in [1.82, 2.24) is 15.0 Å². The molecule has 4 nitrogen and oxygen atoms in total. The van der Waals surface area contributed by atoms with Crippen molar-refractivity contribution >= 4 is 28.3 Å². The molecule has 0 aliphatic rings. The van der Waals surface area contributed by atoms with Crippen LogP contribution in [0.3, 0.4) is 0 Å². The summed E-state index contributed by atoms with van der Waals surface area (Å²) in [5, 5.41) is 9.44. The van der Waals surface area contributed by atoms with Crippen molar-refractivity contribution in [3.05, 3.63) is 53.1 Å². The summed E-state index contributed by atoms with van der Waals surface area (Å²) in [4.78, 5) is 1.66. The van der Waals surface area contributed by atoms with Crippen LogP contribution in [0.4, 0.5) is 5.69 Å². The first-order valence-electron chi connectivity index (χ1n) is 5.55. The third-order valence-electron chi connectivity index (χ3n) is 2.69. The van der Waals surface area contributed by atoms with Crippen molar-refractivity contribution in [3.8, 4) is 0 Å². The largest absolute Gasteiger partial charge is 0.399 e. The lowest BCUT2D eigenvalue weighted by atomic mass is 10.2. The summed E-state index contributed by atoms with van der Waals surface area (Å²) in [6.07, 6.45) is 0. The molecule has 2 N–H and O–H groups in total. The Kier molecular flexibility index (Phi) is 2.64. The highest BCUT2D eigenvalue weighted by molar-refractivity contribution is 6.31. The highest BCUT2D eigenvalue weighted by Gasteiger charge is 2.03. The molecule has 0 saturated heterocycles. The molecule has 2 aromatic carbocycles. The van der Waals surface area contributed by atoms with Crippen molar-refractivity contribution in [2.24, 2.45) is 0 Å². The van der Waals surface area contributed by atoms with Crippen LogP contribution in [0.25, 0.3) is 11.0 Å².